The van der Waals surface area contributed by atoms with Gasteiger partial charge in [-0.05, 0) is 26.0 Å². The average Bonchev–Trinajstić information content (AvgIpc) is 2.46. The molecule has 0 radical (unpaired) electrons. The Morgan fingerprint density at radius 3 is 2.57 bits per heavy atom. The van der Waals surface area contributed by atoms with Crippen molar-refractivity contribution in [3.8, 4) is 11.3 Å². The number of rotatable bonds is 4. The molecule has 0 atom stereocenters. The van der Waals surface area contributed by atoms with Crippen molar-refractivity contribution in [3.05, 3.63) is 62.4 Å². The lowest BCUT2D eigenvalue weighted by Crippen LogP contribution is -2.26. The summed E-state index contributed by atoms with van der Waals surface area (Å²) in [5.74, 6) is -0.298. The van der Waals surface area contributed by atoms with Crippen molar-refractivity contribution in [1.29, 1.82) is 0 Å². The smallest absolute Gasteiger partial charge is 0.270 e. The molecule has 2 aromatic rings. The Morgan fingerprint density at radius 1 is 1.29 bits per heavy atom. The Labute approximate surface area is 120 Å². The monoisotopic (exact) mass is 286 g/mol. The number of ketones is 1. The molecule has 0 saturated carbocycles. The van der Waals surface area contributed by atoms with Gasteiger partial charge in [0.05, 0.1) is 16.2 Å². The van der Waals surface area contributed by atoms with E-state index in [9.17, 15) is 19.7 Å². The molecule has 0 aliphatic heterocycles. The molecule has 0 saturated heterocycles. The van der Waals surface area contributed by atoms with E-state index in [2.05, 4.69) is 0 Å². The van der Waals surface area contributed by atoms with Gasteiger partial charge < -0.3 is 4.57 Å². The second-order valence-electron chi connectivity index (χ2n) is 4.55. The Kier molecular flexibility index (Phi) is 3.98. The van der Waals surface area contributed by atoms with E-state index in [1.807, 2.05) is 0 Å². The summed E-state index contributed by atoms with van der Waals surface area (Å²) >= 11 is 0. The third-order valence-corrected chi connectivity index (χ3v) is 3.22. The largest absolute Gasteiger partial charge is 0.308 e. The fourth-order valence-electron chi connectivity index (χ4n) is 2.19. The third-order valence-electron chi connectivity index (χ3n) is 3.22. The number of nitrogens with zero attached hydrogens (tertiary/aromatic N) is 2. The number of benzene rings is 1. The van der Waals surface area contributed by atoms with Gasteiger partial charge in [0.25, 0.3) is 11.2 Å². The van der Waals surface area contributed by atoms with Gasteiger partial charge in [0.1, 0.15) is 0 Å². The summed E-state index contributed by atoms with van der Waals surface area (Å²) in [5, 5.41) is 10.8. The van der Waals surface area contributed by atoms with Crippen molar-refractivity contribution in [2.24, 2.45) is 0 Å². The molecule has 0 N–H and O–H groups in total. The lowest BCUT2D eigenvalue weighted by Gasteiger charge is -2.12. The molecule has 0 spiro atoms. The van der Waals surface area contributed by atoms with Gasteiger partial charge in [-0.2, -0.15) is 0 Å². The molecule has 6 nitrogen and oxygen atoms in total. The predicted molar refractivity (Wildman–Crippen MR) is 78.5 cm³/mol. The Balaban J connectivity index is 2.67. The van der Waals surface area contributed by atoms with E-state index in [-0.39, 0.29) is 22.6 Å². The molecule has 6 heteroatoms. The normalized spacial score (nSPS) is 10.4. The molecular formula is C15H14N2O4. The van der Waals surface area contributed by atoms with Gasteiger partial charge in [0.15, 0.2) is 5.78 Å². The first-order valence-corrected chi connectivity index (χ1v) is 6.45. The maximum absolute atomic E-state index is 12.3. The highest BCUT2D eigenvalue weighted by atomic mass is 16.6. The first kappa shape index (κ1) is 14.6. The van der Waals surface area contributed by atoms with Crippen LogP contribution >= 0.6 is 0 Å². The maximum Gasteiger partial charge on any atom is 0.270 e. The molecule has 0 aliphatic carbocycles. The summed E-state index contributed by atoms with van der Waals surface area (Å²) in [5.41, 5.74) is 0.813. The van der Waals surface area contributed by atoms with E-state index >= 15 is 0 Å². The van der Waals surface area contributed by atoms with Crippen LogP contribution in [-0.2, 0) is 6.54 Å². The molecule has 108 valence electrons. The van der Waals surface area contributed by atoms with Gasteiger partial charge in [0, 0.05) is 24.2 Å². The number of Topliss-reactive ketones (excluding diaryl/α,β-unsaturated/α-hetero) is 1. The highest BCUT2D eigenvalue weighted by Crippen LogP contribution is 2.23. The second-order valence-corrected chi connectivity index (χ2v) is 4.55. The van der Waals surface area contributed by atoms with Gasteiger partial charge in [-0.1, -0.05) is 12.1 Å². The number of non-ortho nitro benzene ring substituents is 1. The summed E-state index contributed by atoms with van der Waals surface area (Å²) in [6.45, 7) is 3.49. The van der Waals surface area contributed by atoms with E-state index in [0.29, 0.717) is 17.8 Å². The average molecular weight is 286 g/mol. The van der Waals surface area contributed by atoms with Crippen LogP contribution in [0.25, 0.3) is 11.3 Å². The van der Waals surface area contributed by atoms with Gasteiger partial charge in [0.2, 0.25) is 0 Å². The zero-order valence-corrected chi connectivity index (χ0v) is 11.7. The standard InChI is InChI=1S/C15H14N2O4/c1-3-16-14(8-7-13(10(2)18)15(16)19)11-5-4-6-12(9-11)17(20)21/h4-9H,3H2,1-2H3. The molecule has 1 aromatic carbocycles. The molecule has 2 rings (SSSR count). The van der Waals surface area contributed by atoms with Crippen LogP contribution in [0.1, 0.15) is 24.2 Å². The van der Waals surface area contributed by atoms with E-state index < -0.39 is 4.92 Å². The number of aromatic nitrogens is 1. The minimum Gasteiger partial charge on any atom is -0.308 e. The molecule has 1 heterocycles. The van der Waals surface area contributed by atoms with Crippen LogP contribution in [0.2, 0.25) is 0 Å². The summed E-state index contributed by atoms with van der Waals surface area (Å²) in [7, 11) is 0. The molecule has 0 bridgehead atoms. The van der Waals surface area contributed by atoms with Crippen LogP contribution in [0.15, 0.2) is 41.2 Å². The molecule has 0 fully saturated rings. The van der Waals surface area contributed by atoms with Gasteiger partial charge in [-0.3, -0.25) is 19.7 Å². The first-order valence-electron chi connectivity index (χ1n) is 6.45. The van der Waals surface area contributed by atoms with E-state index in [0.717, 1.165) is 0 Å². The predicted octanol–water partition coefficient (Wildman–Crippen LogP) is 2.65. The van der Waals surface area contributed by atoms with E-state index in [1.165, 1.54) is 29.7 Å². The number of pyridine rings is 1. The number of nitro benzene ring substituents is 1. The number of carbonyl (C=O) groups is 1. The zero-order chi connectivity index (χ0) is 15.6. The van der Waals surface area contributed by atoms with Crippen LogP contribution < -0.4 is 5.56 Å². The van der Waals surface area contributed by atoms with Crippen LogP contribution in [0.4, 0.5) is 5.69 Å². The van der Waals surface area contributed by atoms with E-state index in [1.54, 1.807) is 25.1 Å². The minimum absolute atomic E-state index is 0.0433. The fourth-order valence-corrected chi connectivity index (χ4v) is 2.19. The minimum atomic E-state index is -0.484. The topological polar surface area (TPSA) is 82.2 Å². The van der Waals surface area contributed by atoms with Gasteiger partial charge >= 0.3 is 0 Å². The first-order chi connectivity index (χ1) is 9.95. The molecular weight excluding hydrogens is 272 g/mol. The van der Waals surface area contributed by atoms with Crippen LogP contribution in [-0.4, -0.2) is 15.3 Å². The lowest BCUT2D eigenvalue weighted by molar-refractivity contribution is -0.384. The number of carbonyl (C=O) groups excluding carboxylic acids is 1. The van der Waals surface area contributed by atoms with Crippen molar-refractivity contribution in [1.82, 2.24) is 4.57 Å². The summed E-state index contributed by atoms with van der Waals surface area (Å²) in [4.78, 5) is 34.0. The number of hydrogen-bond donors (Lipinski definition) is 0. The molecule has 1 aromatic heterocycles. The van der Waals surface area contributed by atoms with Gasteiger partial charge in [-0.25, -0.2) is 0 Å². The van der Waals surface area contributed by atoms with Crippen molar-refractivity contribution >= 4 is 11.5 Å². The van der Waals surface area contributed by atoms with Crippen LogP contribution in [0.5, 0.6) is 0 Å². The Bertz CT molecular complexity index is 777. The van der Waals surface area contributed by atoms with Crippen molar-refractivity contribution in [2.75, 3.05) is 0 Å². The number of hydrogen-bond acceptors (Lipinski definition) is 4. The highest BCUT2D eigenvalue weighted by Gasteiger charge is 2.14. The molecule has 0 aliphatic rings. The molecule has 0 unspecified atom stereocenters. The SMILES string of the molecule is CCn1c(-c2cccc([N+](=O)[O-])c2)ccc(C(C)=O)c1=O. The quantitative estimate of drug-likeness (QED) is 0.491. The molecule has 21 heavy (non-hydrogen) atoms. The Morgan fingerprint density at radius 2 is 2.00 bits per heavy atom. The van der Waals surface area contributed by atoms with Crippen LogP contribution in [0.3, 0.4) is 0 Å². The molecule has 0 amide bonds. The van der Waals surface area contributed by atoms with E-state index in [4.69, 9.17) is 0 Å². The maximum atomic E-state index is 12.3. The summed E-state index contributed by atoms with van der Waals surface area (Å²) in [6.07, 6.45) is 0. The van der Waals surface area contributed by atoms with Gasteiger partial charge in [-0.15, -0.1) is 0 Å². The zero-order valence-electron chi connectivity index (χ0n) is 11.7. The Hall–Kier alpha value is -2.76. The highest BCUT2D eigenvalue weighted by molar-refractivity contribution is 5.94. The summed E-state index contributed by atoms with van der Waals surface area (Å²) < 4.78 is 1.44. The van der Waals surface area contributed by atoms with Crippen molar-refractivity contribution in [2.45, 2.75) is 20.4 Å². The summed E-state index contributed by atoms with van der Waals surface area (Å²) in [6, 6.07) is 9.17. The second kappa shape index (κ2) is 5.70. The lowest BCUT2D eigenvalue weighted by atomic mass is 10.1. The van der Waals surface area contributed by atoms with Crippen LogP contribution in [0, 0.1) is 10.1 Å². The van der Waals surface area contributed by atoms with Crippen molar-refractivity contribution < 1.29 is 9.72 Å². The van der Waals surface area contributed by atoms with Crippen molar-refractivity contribution in [3.63, 3.8) is 0 Å². The third kappa shape index (κ3) is 2.74. The fraction of sp³-hybridized carbons (Fsp3) is 0.200. The number of nitro groups is 1.